The van der Waals surface area contributed by atoms with E-state index in [-0.39, 0.29) is 6.10 Å². The lowest BCUT2D eigenvalue weighted by Gasteiger charge is -2.43. The van der Waals surface area contributed by atoms with Gasteiger partial charge in [0, 0.05) is 38.3 Å². The second kappa shape index (κ2) is 6.54. The Morgan fingerprint density at radius 1 is 1.21 bits per heavy atom. The average Bonchev–Trinajstić information content (AvgIpc) is 3.12. The molecule has 0 aromatic heterocycles. The number of hydrogen-bond acceptors (Lipinski definition) is 5. The van der Waals surface area contributed by atoms with Crippen molar-refractivity contribution in [2.75, 3.05) is 33.0 Å². The van der Waals surface area contributed by atoms with Gasteiger partial charge in [0.05, 0.1) is 6.10 Å². The van der Waals surface area contributed by atoms with Gasteiger partial charge in [0.1, 0.15) is 0 Å². The van der Waals surface area contributed by atoms with Crippen LogP contribution < -0.4 is 9.47 Å². The monoisotopic (exact) mass is 332 g/mol. The molecule has 1 N–H and O–H groups in total. The highest BCUT2D eigenvalue weighted by Crippen LogP contribution is 2.33. The number of aliphatic hydroxyl groups is 1. The molecule has 4 rings (SSSR count). The van der Waals surface area contributed by atoms with E-state index in [1.807, 2.05) is 6.07 Å². The minimum Gasteiger partial charge on any atom is -0.454 e. The van der Waals surface area contributed by atoms with E-state index >= 15 is 0 Å². The Hall–Kier alpha value is -1.30. The Labute approximate surface area is 144 Å². The fraction of sp³-hybridized carbons (Fsp3) is 0.684. The zero-order valence-electron chi connectivity index (χ0n) is 14.6. The number of nitrogens with zero attached hydrogens (tertiary/aromatic N) is 2. The summed E-state index contributed by atoms with van der Waals surface area (Å²) in [6.45, 7) is 9.11. The molecule has 132 valence electrons. The van der Waals surface area contributed by atoms with E-state index < -0.39 is 0 Å². The molecule has 0 unspecified atom stereocenters. The number of rotatable bonds is 4. The predicted molar refractivity (Wildman–Crippen MR) is 92.5 cm³/mol. The van der Waals surface area contributed by atoms with Gasteiger partial charge in [-0.2, -0.15) is 0 Å². The van der Waals surface area contributed by atoms with Gasteiger partial charge < -0.3 is 14.6 Å². The van der Waals surface area contributed by atoms with Gasteiger partial charge in [0.25, 0.3) is 0 Å². The summed E-state index contributed by atoms with van der Waals surface area (Å²) in [5.74, 6) is 2.32. The summed E-state index contributed by atoms with van der Waals surface area (Å²) in [7, 11) is 0. The van der Waals surface area contributed by atoms with Crippen LogP contribution in [0.4, 0.5) is 0 Å². The van der Waals surface area contributed by atoms with Crippen LogP contribution in [-0.4, -0.2) is 66.1 Å². The first-order valence-corrected chi connectivity index (χ1v) is 9.13. The molecule has 24 heavy (non-hydrogen) atoms. The van der Waals surface area contributed by atoms with Crippen molar-refractivity contribution in [1.82, 2.24) is 9.80 Å². The Kier molecular flexibility index (Phi) is 4.41. The number of aliphatic hydroxyl groups excluding tert-OH is 1. The van der Waals surface area contributed by atoms with Crippen LogP contribution in [0, 0.1) is 5.92 Å². The molecular formula is C19H28N2O3. The molecule has 3 aliphatic rings. The van der Waals surface area contributed by atoms with Crippen molar-refractivity contribution >= 4 is 0 Å². The van der Waals surface area contributed by atoms with Crippen molar-refractivity contribution in [1.29, 1.82) is 0 Å². The summed E-state index contributed by atoms with van der Waals surface area (Å²) in [4.78, 5) is 5.07. The fourth-order valence-electron chi connectivity index (χ4n) is 4.47. The zero-order chi connectivity index (χ0) is 16.7. The molecular weight excluding hydrogens is 304 g/mol. The third kappa shape index (κ3) is 3.25. The molecule has 5 heteroatoms. The number of hydrogen-bond donors (Lipinski definition) is 1. The van der Waals surface area contributed by atoms with Gasteiger partial charge in [-0.25, -0.2) is 0 Å². The first kappa shape index (κ1) is 16.2. The largest absolute Gasteiger partial charge is 0.454 e. The smallest absolute Gasteiger partial charge is 0.231 e. The molecule has 0 spiro atoms. The molecule has 0 aliphatic carbocycles. The highest BCUT2D eigenvalue weighted by molar-refractivity contribution is 5.44. The zero-order valence-corrected chi connectivity index (χ0v) is 14.6. The van der Waals surface area contributed by atoms with Crippen LogP contribution in [0.25, 0.3) is 0 Å². The Bertz CT molecular complexity index is 594. The van der Waals surface area contributed by atoms with Crippen LogP contribution in [0.15, 0.2) is 18.2 Å². The van der Waals surface area contributed by atoms with E-state index in [4.69, 9.17) is 9.47 Å². The van der Waals surface area contributed by atoms with Crippen LogP contribution in [0.1, 0.15) is 25.8 Å². The minimum atomic E-state index is -0.131. The van der Waals surface area contributed by atoms with Crippen LogP contribution in [0.5, 0.6) is 11.5 Å². The van der Waals surface area contributed by atoms with E-state index in [1.54, 1.807) is 0 Å². The summed E-state index contributed by atoms with van der Waals surface area (Å²) in [5.41, 5.74) is 1.31. The number of fused-ring (bicyclic) bond motifs is 2. The molecule has 0 amide bonds. The van der Waals surface area contributed by atoms with Crippen molar-refractivity contribution in [2.45, 2.75) is 44.9 Å². The topological polar surface area (TPSA) is 45.2 Å². The van der Waals surface area contributed by atoms with Gasteiger partial charge >= 0.3 is 0 Å². The van der Waals surface area contributed by atoms with E-state index in [1.165, 1.54) is 5.56 Å². The fourth-order valence-corrected chi connectivity index (χ4v) is 4.47. The lowest BCUT2D eigenvalue weighted by molar-refractivity contribution is 0.0488. The minimum absolute atomic E-state index is 0.131. The lowest BCUT2D eigenvalue weighted by atomic mass is 9.98. The maximum atomic E-state index is 9.90. The van der Waals surface area contributed by atoms with Gasteiger partial charge in [-0.1, -0.05) is 13.0 Å². The van der Waals surface area contributed by atoms with E-state index in [0.717, 1.165) is 50.5 Å². The third-order valence-corrected chi connectivity index (χ3v) is 5.64. The van der Waals surface area contributed by atoms with Gasteiger partial charge in [-0.05, 0) is 43.4 Å². The quantitative estimate of drug-likeness (QED) is 0.910. The summed E-state index contributed by atoms with van der Waals surface area (Å²) in [6, 6.07) is 7.39. The summed E-state index contributed by atoms with van der Waals surface area (Å²) < 4.78 is 10.9. The second-order valence-electron chi connectivity index (χ2n) is 7.80. The number of ether oxygens (including phenoxy) is 2. The molecule has 0 bridgehead atoms. The van der Waals surface area contributed by atoms with Crippen molar-refractivity contribution in [3.8, 4) is 11.5 Å². The second-order valence-corrected chi connectivity index (χ2v) is 7.80. The molecule has 1 aromatic rings. The van der Waals surface area contributed by atoms with Crippen LogP contribution in [-0.2, 0) is 6.42 Å². The van der Waals surface area contributed by atoms with Crippen LogP contribution in [0.3, 0.4) is 0 Å². The van der Waals surface area contributed by atoms with Crippen molar-refractivity contribution in [3.05, 3.63) is 23.8 Å². The molecule has 2 saturated heterocycles. The number of benzene rings is 1. The van der Waals surface area contributed by atoms with Gasteiger partial charge in [0.15, 0.2) is 11.5 Å². The van der Waals surface area contributed by atoms with Crippen molar-refractivity contribution in [3.63, 3.8) is 0 Å². The molecule has 0 saturated carbocycles. The Morgan fingerprint density at radius 2 is 2.04 bits per heavy atom. The SMILES string of the molecule is C[C@@H](Cc1ccc2c(c1)OCO2)CN1C[C@@H]2C[C@@H](O)CN2C[C@H]1C. The summed E-state index contributed by atoms with van der Waals surface area (Å²) in [6.07, 6.45) is 1.85. The molecule has 0 radical (unpaired) electrons. The normalized spacial score (nSPS) is 31.2. The van der Waals surface area contributed by atoms with E-state index in [2.05, 4.69) is 35.8 Å². The average molecular weight is 332 g/mol. The Balaban J connectivity index is 1.35. The molecule has 3 heterocycles. The third-order valence-electron chi connectivity index (χ3n) is 5.64. The van der Waals surface area contributed by atoms with E-state index in [9.17, 15) is 5.11 Å². The first-order chi connectivity index (χ1) is 11.6. The lowest BCUT2D eigenvalue weighted by Crippen LogP contribution is -2.55. The Morgan fingerprint density at radius 3 is 2.92 bits per heavy atom. The molecule has 1 aromatic carbocycles. The van der Waals surface area contributed by atoms with Gasteiger partial charge in [-0.3, -0.25) is 9.80 Å². The number of piperazine rings is 1. The maximum Gasteiger partial charge on any atom is 0.231 e. The molecule has 3 aliphatic heterocycles. The molecule has 4 atom stereocenters. The summed E-state index contributed by atoms with van der Waals surface area (Å²) >= 11 is 0. The molecule has 2 fully saturated rings. The highest BCUT2D eigenvalue weighted by atomic mass is 16.7. The van der Waals surface area contributed by atoms with Crippen LogP contribution in [0.2, 0.25) is 0 Å². The maximum absolute atomic E-state index is 9.90. The van der Waals surface area contributed by atoms with Gasteiger partial charge in [-0.15, -0.1) is 0 Å². The van der Waals surface area contributed by atoms with Crippen molar-refractivity contribution in [2.24, 2.45) is 5.92 Å². The molecule has 5 nitrogen and oxygen atoms in total. The van der Waals surface area contributed by atoms with Gasteiger partial charge in [0.2, 0.25) is 6.79 Å². The van der Waals surface area contributed by atoms with Crippen LogP contribution >= 0.6 is 0 Å². The van der Waals surface area contributed by atoms with Crippen molar-refractivity contribution < 1.29 is 14.6 Å². The summed E-state index contributed by atoms with van der Waals surface area (Å²) in [5, 5.41) is 9.90. The predicted octanol–water partition coefficient (Wildman–Crippen LogP) is 1.73. The standard InChI is InChI=1S/C19H28N2O3/c1-13(5-15-3-4-18-19(6-15)24-12-23-18)8-20-10-16-7-17(22)11-21(16)9-14(20)2/h3-4,6,13-14,16-17,22H,5,7-12H2,1-2H3/t13-,14+,16-,17+/m0/s1. The highest BCUT2D eigenvalue weighted by Gasteiger charge is 2.38. The van der Waals surface area contributed by atoms with E-state index in [0.29, 0.717) is 24.8 Å². The first-order valence-electron chi connectivity index (χ1n) is 9.13.